The fourth-order valence-corrected chi connectivity index (χ4v) is 5.54. The number of aromatic hydroxyl groups is 1. The molecule has 0 aliphatic rings. The van der Waals surface area contributed by atoms with Crippen molar-refractivity contribution < 1.29 is 19.5 Å². The summed E-state index contributed by atoms with van der Waals surface area (Å²) in [6.45, 7) is 0. The maximum atomic E-state index is 13.8. The summed E-state index contributed by atoms with van der Waals surface area (Å²) in [5, 5.41) is 23.0. The van der Waals surface area contributed by atoms with Gasteiger partial charge in [-0.15, -0.1) is 0 Å². The minimum Gasteiger partial charge on any atom is -0.506 e. The number of hydrazone groups is 1. The van der Waals surface area contributed by atoms with Gasteiger partial charge in [0.15, 0.2) is 0 Å². The van der Waals surface area contributed by atoms with Crippen LogP contribution in [0, 0.1) is 0 Å². The first-order valence-corrected chi connectivity index (χ1v) is 15.2. The summed E-state index contributed by atoms with van der Waals surface area (Å²) in [6.07, 6.45) is 1.78. The van der Waals surface area contributed by atoms with Crippen molar-refractivity contribution in [3.05, 3.63) is 155 Å². The number of anilines is 1. The quantitative estimate of drug-likeness (QED) is 0.0996. The summed E-state index contributed by atoms with van der Waals surface area (Å²) in [5.41, 5.74) is 5.30. The van der Waals surface area contributed by atoms with Crippen molar-refractivity contribution in [2.24, 2.45) is 5.10 Å². The van der Waals surface area contributed by atoms with Crippen molar-refractivity contribution in [2.75, 3.05) is 5.32 Å². The molecule has 232 valence electrons. The summed E-state index contributed by atoms with van der Waals surface area (Å²) in [4.78, 5) is 40.1. The number of nitrogens with one attached hydrogen (secondary N) is 3. The van der Waals surface area contributed by atoms with Gasteiger partial charge < -0.3 is 15.7 Å². The van der Waals surface area contributed by atoms with Crippen molar-refractivity contribution in [1.29, 1.82) is 0 Å². The van der Waals surface area contributed by atoms with Gasteiger partial charge in [-0.2, -0.15) is 5.10 Å². The molecule has 6 aromatic carbocycles. The molecule has 3 amide bonds. The van der Waals surface area contributed by atoms with Crippen molar-refractivity contribution in [3.63, 3.8) is 0 Å². The highest BCUT2D eigenvalue weighted by atomic mass is 35.5. The van der Waals surface area contributed by atoms with Crippen molar-refractivity contribution in [3.8, 4) is 5.75 Å². The van der Waals surface area contributed by atoms with Gasteiger partial charge in [0, 0.05) is 34.2 Å². The molecule has 4 N–H and O–H groups in total. The highest BCUT2D eigenvalue weighted by Crippen LogP contribution is 2.26. The van der Waals surface area contributed by atoms with Gasteiger partial charge in [-0.3, -0.25) is 14.4 Å². The third kappa shape index (κ3) is 7.13. The van der Waals surface area contributed by atoms with Crippen LogP contribution in [0.5, 0.6) is 5.75 Å². The molecule has 6 aromatic rings. The molecule has 0 aromatic heterocycles. The van der Waals surface area contributed by atoms with Gasteiger partial charge in [0.25, 0.3) is 11.8 Å². The first-order valence-electron chi connectivity index (χ1n) is 14.8. The van der Waals surface area contributed by atoms with Gasteiger partial charge in [0.1, 0.15) is 11.8 Å². The maximum Gasteiger partial charge on any atom is 0.271 e. The zero-order valence-electron chi connectivity index (χ0n) is 25.0. The van der Waals surface area contributed by atoms with Gasteiger partial charge in [-0.25, -0.2) is 5.43 Å². The zero-order chi connectivity index (χ0) is 32.8. The number of benzene rings is 6. The highest BCUT2D eigenvalue weighted by Gasteiger charge is 2.24. The zero-order valence-corrected chi connectivity index (χ0v) is 25.7. The molecule has 1 atom stereocenters. The van der Waals surface area contributed by atoms with Crippen LogP contribution in [-0.2, 0) is 11.2 Å². The number of rotatable bonds is 9. The van der Waals surface area contributed by atoms with Gasteiger partial charge in [-0.05, 0) is 52.1 Å². The van der Waals surface area contributed by atoms with Crippen LogP contribution in [0.4, 0.5) is 5.69 Å². The Hall–Kier alpha value is -5.99. The number of amides is 3. The molecule has 0 aliphatic carbocycles. The summed E-state index contributed by atoms with van der Waals surface area (Å²) >= 11 is 5.92. The first-order chi connectivity index (χ1) is 22.9. The summed E-state index contributed by atoms with van der Waals surface area (Å²) in [7, 11) is 0. The normalized spacial score (nSPS) is 11.8. The lowest BCUT2D eigenvalue weighted by atomic mass is 9.98. The number of hydrogen-bond donors (Lipinski definition) is 4. The van der Waals surface area contributed by atoms with Crippen molar-refractivity contribution in [1.82, 2.24) is 10.7 Å². The minimum atomic E-state index is -0.868. The van der Waals surface area contributed by atoms with E-state index >= 15 is 0 Å². The van der Waals surface area contributed by atoms with Crippen LogP contribution in [0.15, 0.2) is 132 Å². The van der Waals surface area contributed by atoms with Crippen LogP contribution in [-0.4, -0.2) is 35.1 Å². The molecule has 0 saturated carbocycles. The van der Waals surface area contributed by atoms with Gasteiger partial charge in [-0.1, -0.05) is 109 Å². The molecule has 0 fully saturated rings. The Morgan fingerprint density at radius 3 is 2.23 bits per heavy atom. The predicted molar refractivity (Wildman–Crippen MR) is 186 cm³/mol. The van der Waals surface area contributed by atoms with Gasteiger partial charge in [0.2, 0.25) is 5.91 Å². The average molecular weight is 641 g/mol. The van der Waals surface area contributed by atoms with E-state index < -0.39 is 17.9 Å². The summed E-state index contributed by atoms with van der Waals surface area (Å²) in [6, 6.07) is 37.0. The van der Waals surface area contributed by atoms with E-state index in [1.165, 1.54) is 24.4 Å². The van der Waals surface area contributed by atoms with E-state index in [0.717, 1.165) is 21.7 Å². The largest absolute Gasteiger partial charge is 0.506 e. The van der Waals surface area contributed by atoms with Gasteiger partial charge >= 0.3 is 0 Å². The second-order valence-corrected chi connectivity index (χ2v) is 11.3. The van der Waals surface area contributed by atoms with Crippen LogP contribution in [0.2, 0.25) is 5.02 Å². The summed E-state index contributed by atoms with van der Waals surface area (Å²) in [5.74, 6) is -1.37. The fourth-order valence-electron chi connectivity index (χ4n) is 5.36. The number of phenolic OH excluding ortho intramolecular Hbond substituents is 1. The number of carbonyl (C=O) groups excluding carboxylic acids is 3. The van der Waals surface area contributed by atoms with E-state index in [4.69, 9.17) is 11.6 Å². The maximum absolute atomic E-state index is 13.8. The topological polar surface area (TPSA) is 120 Å². The molecule has 0 aliphatic heterocycles. The highest BCUT2D eigenvalue weighted by molar-refractivity contribution is 6.32. The molecule has 8 nitrogen and oxygen atoms in total. The number of fused-ring (bicyclic) bond motifs is 2. The molecule has 0 spiro atoms. The second kappa shape index (κ2) is 14.0. The lowest BCUT2D eigenvalue weighted by Crippen LogP contribution is -2.45. The molecule has 47 heavy (non-hydrogen) atoms. The van der Waals surface area contributed by atoms with Gasteiger partial charge in [0.05, 0.1) is 11.2 Å². The molecule has 0 bridgehead atoms. The molecule has 6 rings (SSSR count). The molecule has 0 saturated heterocycles. The number of nitrogens with zero attached hydrogens (tertiary/aromatic N) is 1. The summed E-state index contributed by atoms with van der Waals surface area (Å²) < 4.78 is 0. The van der Waals surface area contributed by atoms with Crippen LogP contribution < -0.4 is 16.1 Å². The molecule has 0 radical (unpaired) electrons. The smallest absolute Gasteiger partial charge is 0.271 e. The number of halogens is 1. The molecule has 0 heterocycles. The second-order valence-electron chi connectivity index (χ2n) is 10.8. The predicted octanol–water partition coefficient (Wildman–Crippen LogP) is 7.10. The Balaban J connectivity index is 1.24. The Labute approximate surface area is 275 Å². The monoisotopic (exact) mass is 640 g/mol. The van der Waals surface area contributed by atoms with Crippen molar-refractivity contribution in [2.45, 2.75) is 12.5 Å². The number of carbonyl (C=O) groups is 3. The van der Waals surface area contributed by atoms with Crippen LogP contribution >= 0.6 is 11.6 Å². The van der Waals surface area contributed by atoms with Crippen molar-refractivity contribution >= 4 is 62.8 Å². The van der Waals surface area contributed by atoms with E-state index in [9.17, 15) is 19.5 Å². The van der Waals surface area contributed by atoms with E-state index in [-0.39, 0.29) is 28.7 Å². The molecule has 9 heteroatoms. The van der Waals surface area contributed by atoms with Crippen LogP contribution in [0.3, 0.4) is 0 Å². The Bertz CT molecular complexity index is 2140. The number of hydrogen-bond acceptors (Lipinski definition) is 5. The average Bonchev–Trinajstić information content (AvgIpc) is 3.09. The van der Waals surface area contributed by atoms with E-state index in [1.54, 1.807) is 12.1 Å². The lowest BCUT2D eigenvalue weighted by Gasteiger charge is -2.20. The third-order valence-electron chi connectivity index (χ3n) is 7.73. The number of phenols is 1. The van der Waals surface area contributed by atoms with Crippen LogP contribution in [0.1, 0.15) is 31.8 Å². The third-order valence-corrected chi connectivity index (χ3v) is 8.04. The SMILES string of the molecule is O=C(NN=Cc1ccc(C(=O)N[C@@H](Cc2ccccc2)C(=O)Nc2cccc3ccccc23)c2ccccc12)c1ccc(O)c(Cl)c1. The molecular formula is C38H29ClN4O4. The Kier molecular flexibility index (Phi) is 9.22. The van der Waals surface area contributed by atoms with E-state index in [0.29, 0.717) is 22.2 Å². The minimum absolute atomic E-state index is 0.0542. The fraction of sp³-hybridized carbons (Fsp3) is 0.0526. The van der Waals surface area contributed by atoms with E-state index in [2.05, 4.69) is 21.2 Å². The van der Waals surface area contributed by atoms with Crippen LogP contribution in [0.25, 0.3) is 21.5 Å². The molecular weight excluding hydrogens is 612 g/mol. The standard InChI is InChI=1S/C38H29ClN4O4/c39-32-22-26(18-20-35(32)44)36(45)43-40-23-27-17-19-31(30-15-7-6-13-28(27)30)37(46)42-34(21-24-9-2-1-3-10-24)38(47)41-33-16-8-12-25-11-4-5-14-29(25)33/h1-20,22-23,34,44H,21H2,(H,41,47)(H,42,46)(H,43,45)/t34-/m0/s1. The Morgan fingerprint density at radius 1 is 0.745 bits per heavy atom. The first kappa shape index (κ1) is 31.0. The Morgan fingerprint density at radius 2 is 1.45 bits per heavy atom. The molecule has 0 unspecified atom stereocenters. The van der Waals surface area contributed by atoms with E-state index in [1.807, 2.05) is 97.1 Å². The lowest BCUT2D eigenvalue weighted by molar-refractivity contribution is -0.118.